The minimum atomic E-state index is -3.88. The Hall–Kier alpha value is -0.950. The fourth-order valence-electron chi connectivity index (χ4n) is 1.54. The molecule has 0 spiro atoms. The Morgan fingerprint density at radius 1 is 1.05 bits per heavy atom. The van der Waals surface area contributed by atoms with Gasteiger partial charge in [0.15, 0.2) is 0 Å². The second-order valence-corrected chi connectivity index (χ2v) is 7.28. The van der Waals surface area contributed by atoms with Crippen LogP contribution >= 0.6 is 39.1 Å². The number of hydrogen-bond donors (Lipinski definition) is 2. The number of nitrogens with one attached hydrogen (secondary N) is 1. The van der Waals surface area contributed by atoms with E-state index in [-0.39, 0.29) is 14.9 Å². The van der Waals surface area contributed by atoms with Gasteiger partial charge >= 0.3 is 0 Å². The van der Waals surface area contributed by atoms with Gasteiger partial charge in [-0.1, -0.05) is 39.1 Å². The molecule has 0 bridgehead atoms. The maximum absolute atomic E-state index is 12.3. The van der Waals surface area contributed by atoms with Crippen molar-refractivity contribution in [2.75, 3.05) is 10.5 Å². The van der Waals surface area contributed by atoms with Crippen LogP contribution < -0.4 is 10.5 Å². The van der Waals surface area contributed by atoms with Crippen molar-refractivity contribution < 1.29 is 8.42 Å². The molecule has 0 unspecified atom stereocenters. The zero-order valence-corrected chi connectivity index (χ0v) is 13.8. The molecule has 0 aliphatic rings. The summed E-state index contributed by atoms with van der Waals surface area (Å²) in [5.74, 6) is 0. The van der Waals surface area contributed by atoms with Crippen molar-refractivity contribution in [1.82, 2.24) is 0 Å². The number of nitrogens with two attached hydrogens (primary N) is 1. The fraction of sp³-hybridized carbons (Fsp3) is 0. The molecule has 3 N–H and O–H groups in total. The third kappa shape index (κ3) is 3.38. The summed E-state index contributed by atoms with van der Waals surface area (Å²) in [5.41, 5.74) is 6.45. The average molecular weight is 396 g/mol. The lowest BCUT2D eigenvalue weighted by molar-refractivity contribution is 0.601. The monoisotopic (exact) mass is 394 g/mol. The first-order valence-corrected chi connectivity index (χ1v) is 8.36. The molecular formula is C12H9BrCl2N2O2S. The molecule has 20 heavy (non-hydrogen) atoms. The molecule has 2 aromatic rings. The van der Waals surface area contributed by atoms with Gasteiger partial charge in [0.25, 0.3) is 10.0 Å². The molecule has 8 heteroatoms. The van der Waals surface area contributed by atoms with Gasteiger partial charge in [-0.15, -0.1) is 0 Å². The number of anilines is 2. The molecule has 0 fully saturated rings. The van der Waals surface area contributed by atoms with E-state index in [4.69, 9.17) is 28.9 Å². The van der Waals surface area contributed by atoms with Crippen molar-refractivity contribution in [3.8, 4) is 0 Å². The van der Waals surface area contributed by atoms with Crippen LogP contribution in [0.3, 0.4) is 0 Å². The van der Waals surface area contributed by atoms with Crippen LogP contribution in [0.2, 0.25) is 10.0 Å². The Morgan fingerprint density at radius 3 is 2.05 bits per heavy atom. The molecule has 0 heterocycles. The maximum Gasteiger partial charge on any atom is 0.264 e. The number of benzene rings is 2. The van der Waals surface area contributed by atoms with Crippen LogP contribution in [-0.2, 0) is 10.0 Å². The first-order valence-electron chi connectivity index (χ1n) is 5.32. The highest BCUT2D eigenvalue weighted by Gasteiger charge is 2.22. The summed E-state index contributed by atoms with van der Waals surface area (Å²) in [5, 5.41) is 0.0691. The van der Waals surface area contributed by atoms with E-state index < -0.39 is 10.0 Å². The van der Waals surface area contributed by atoms with Crippen molar-refractivity contribution in [3.63, 3.8) is 0 Å². The number of halogens is 3. The molecule has 0 saturated carbocycles. The lowest BCUT2D eigenvalue weighted by atomic mass is 10.3. The van der Waals surface area contributed by atoms with E-state index in [1.165, 1.54) is 12.1 Å². The highest BCUT2D eigenvalue weighted by atomic mass is 79.9. The van der Waals surface area contributed by atoms with Crippen molar-refractivity contribution in [2.24, 2.45) is 0 Å². The molecule has 0 aromatic heterocycles. The van der Waals surface area contributed by atoms with Crippen molar-refractivity contribution in [2.45, 2.75) is 4.90 Å². The molecule has 0 amide bonds. The van der Waals surface area contributed by atoms with Crippen LogP contribution in [0.1, 0.15) is 0 Å². The number of rotatable bonds is 3. The van der Waals surface area contributed by atoms with Gasteiger partial charge in [0.2, 0.25) is 0 Å². The van der Waals surface area contributed by atoms with Gasteiger partial charge in [-0.05, 0) is 36.4 Å². The van der Waals surface area contributed by atoms with Crippen molar-refractivity contribution >= 4 is 60.5 Å². The summed E-state index contributed by atoms with van der Waals surface area (Å²) in [6.45, 7) is 0. The SMILES string of the molecule is Nc1ccc(NS(=O)(=O)c2c(Cl)cc(Br)cc2Cl)cc1. The molecule has 0 aliphatic carbocycles. The van der Waals surface area contributed by atoms with E-state index in [2.05, 4.69) is 20.7 Å². The topological polar surface area (TPSA) is 72.2 Å². The number of sulfonamides is 1. The minimum absolute atomic E-state index is 0.0346. The van der Waals surface area contributed by atoms with Crippen molar-refractivity contribution in [3.05, 3.63) is 50.9 Å². The molecule has 0 aliphatic heterocycles. The second-order valence-electron chi connectivity index (χ2n) is 3.93. The van der Waals surface area contributed by atoms with Gasteiger partial charge < -0.3 is 5.73 Å². The molecule has 0 saturated heterocycles. The Bertz CT molecular complexity index is 726. The summed E-state index contributed by atoms with van der Waals surface area (Å²) in [7, 11) is -3.88. The lowest BCUT2D eigenvalue weighted by Gasteiger charge is -2.11. The molecule has 0 radical (unpaired) electrons. The predicted octanol–water partition coefficient (Wildman–Crippen LogP) is 4.14. The summed E-state index contributed by atoms with van der Waals surface area (Å²) in [6.07, 6.45) is 0. The molecular weight excluding hydrogens is 387 g/mol. The molecule has 2 rings (SSSR count). The largest absolute Gasteiger partial charge is 0.399 e. The number of nitrogen functional groups attached to an aromatic ring is 1. The van der Waals surface area contributed by atoms with Crippen LogP contribution in [0.15, 0.2) is 45.8 Å². The average Bonchev–Trinajstić information content (AvgIpc) is 2.30. The maximum atomic E-state index is 12.3. The summed E-state index contributed by atoms with van der Waals surface area (Å²) in [6, 6.07) is 9.20. The van der Waals surface area contributed by atoms with Crippen LogP contribution in [-0.4, -0.2) is 8.42 Å². The van der Waals surface area contributed by atoms with Gasteiger partial charge in [-0.2, -0.15) is 0 Å². The first-order chi connectivity index (χ1) is 9.29. The zero-order chi connectivity index (χ0) is 14.9. The minimum Gasteiger partial charge on any atom is -0.399 e. The summed E-state index contributed by atoms with van der Waals surface area (Å²) in [4.78, 5) is -0.166. The Kier molecular flexibility index (Phi) is 4.49. The van der Waals surface area contributed by atoms with Gasteiger partial charge in [0.1, 0.15) is 4.90 Å². The standard InChI is InChI=1S/C12H9BrCl2N2O2S/c13-7-5-10(14)12(11(15)6-7)20(18,19)17-9-3-1-8(16)2-4-9/h1-6,17H,16H2. The third-order valence-corrected chi connectivity index (χ3v) is 5.15. The van der Waals surface area contributed by atoms with E-state index in [1.807, 2.05) is 0 Å². The van der Waals surface area contributed by atoms with Gasteiger partial charge in [0, 0.05) is 15.8 Å². The first kappa shape index (κ1) is 15.4. The number of hydrogen-bond acceptors (Lipinski definition) is 3. The van der Waals surface area contributed by atoms with Gasteiger partial charge in [-0.3, -0.25) is 4.72 Å². The zero-order valence-electron chi connectivity index (χ0n) is 9.90. The normalized spacial score (nSPS) is 11.3. The van der Waals surface area contributed by atoms with E-state index in [0.717, 1.165) is 0 Å². The van der Waals surface area contributed by atoms with E-state index >= 15 is 0 Å². The lowest BCUT2D eigenvalue weighted by Crippen LogP contribution is -2.14. The second kappa shape index (κ2) is 5.81. The van der Waals surface area contributed by atoms with Crippen LogP contribution in [0.4, 0.5) is 11.4 Å². The Balaban J connectivity index is 2.43. The quantitative estimate of drug-likeness (QED) is 0.767. The van der Waals surface area contributed by atoms with Crippen LogP contribution in [0.25, 0.3) is 0 Å². The van der Waals surface area contributed by atoms with E-state index in [9.17, 15) is 8.42 Å². The molecule has 2 aromatic carbocycles. The third-order valence-electron chi connectivity index (χ3n) is 2.39. The Morgan fingerprint density at radius 2 is 1.55 bits per heavy atom. The fourth-order valence-corrected chi connectivity index (χ4v) is 4.54. The smallest absolute Gasteiger partial charge is 0.264 e. The van der Waals surface area contributed by atoms with Gasteiger partial charge in [0.05, 0.1) is 10.0 Å². The molecule has 0 atom stereocenters. The summed E-state index contributed by atoms with van der Waals surface area (Å²) >= 11 is 15.1. The molecule has 106 valence electrons. The molecule has 4 nitrogen and oxygen atoms in total. The van der Waals surface area contributed by atoms with Gasteiger partial charge in [-0.25, -0.2) is 8.42 Å². The summed E-state index contributed by atoms with van der Waals surface area (Å²) < 4.78 is 27.6. The van der Waals surface area contributed by atoms with Crippen LogP contribution in [0, 0.1) is 0 Å². The highest BCUT2D eigenvalue weighted by Crippen LogP contribution is 2.33. The predicted molar refractivity (Wildman–Crippen MR) is 85.8 cm³/mol. The van der Waals surface area contributed by atoms with E-state index in [0.29, 0.717) is 15.8 Å². The van der Waals surface area contributed by atoms with E-state index in [1.54, 1.807) is 24.3 Å². The van der Waals surface area contributed by atoms with Crippen LogP contribution in [0.5, 0.6) is 0 Å². The Labute approximate surface area is 135 Å². The van der Waals surface area contributed by atoms with Crippen molar-refractivity contribution in [1.29, 1.82) is 0 Å². The highest BCUT2D eigenvalue weighted by molar-refractivity contribution is 9.10.